The summed E-state index contributed by atoms with van der Waals surface area (Å²) in [6.07, 6.45) is 1.71. The molecule has 23 heavy (non-hydrogen) atoms. The average molecular weight is 308 g/mol. The van der Waals surface area contributed by atoms with Gasteiger partial charge in [0.2, 0.25) is 0 Å². The maximum atomic E-state index is 11.4. The van der Waals surface area contributed by atoms with Gasteiger partial charge in [0.15, 0.2) is 0 Å². The second-order valence-corrected chi connectivity index (χ2v) is 4.95. The molecule has 0 unspecified atom stereocenters. The van der Waals surface area contributed by atoms with Crippen molar-refractivity contribution in [3.8, 4) is 0 Å². The lowest BCUT2D eigenvalue weighted by Gasteiger charge is -2.11. The number of hydrogen-bond acceptors (Lipinski definition) is 5. The van der Waals surface area contributed by atoms with Gasteiger partial charge in [-0.25, -0.2) is 14.8 Å². The number of aromatic carboxylic acids is 1. The molecule has 0 fully saturated rings. The van der Waals surface area contributed by atoms with Crippen molar-refractivity contribution in [2.75, 3.05) is 23.7 Å². The molecule has 0 spiro atoms. The fraction of sp³-hybridized carbons (Fsp3) is 0.118. The molecule has 3 aromatic rings. The topological polar surface area (TPSA) is 87.1 Å². The van der Waals surface area contributed by atoms with Crippen molar-refractivity contribution in [3.63, 3.8) is 0 Å². The number of para-hydroxylation sites is 1. The Kier molecular flexibility index (Phi) is 4.33. The first-order chi connectivity index (χ1) is 11.2. The molecule has 0 atom stereocenters. The zero-order valence-electron chi connectivity index (χ0n) is 12.4. The van der Waals surface area contributed by atoms with E-state index in [1.807, 2.05) is 42.5 Å². The minimum absolute atomic E-state index is 0.168. The number of anilines is 2. The Balaban J connectivity index is 1.71. The summed E-state index contributed by atoms with van der Waals surface area (Å²) < 4.78 is 0. The molecule has 0 aliphatic carbocycles. The largest absolute Gasteiger partial charge is 0.478 e. The summed E-state index contributed by atoms with van der Waals surface area (Å²) in [5, 5.41) is 16.4. The quantitative estimate of drug-likeness (QED) is 0.607. The third kappa shape index (κ3) is 3.55. The van der Waals surface area contributed by atoms with E-state index in [0.29, 0.717) is 18.9 Å². The van der Waals surface area contributed by atoms with Crippen LogP contribution in [0.1, 0.15) is 10.4 Å². The number of benzene rings is 1. The lowest BCUT2D eigenvalue weighted by atomic mass is 10.1. The fourth-order valence-electron chi connectivity index (χ4n) is 2.25. The number of hydrogen-bond donors (Lipinski definition) is 3. The van der Waals surface area contributed by atoms with Crippen LogP contribution in [-0.4, -0.2) is 34.1 Å². The van der Waals surface area contributed by atoms with E-state index in [0.717, 1.165) is 16.7 Å². The highest BCUT2D eigenvalue weighted by molar-refractivity contribution is 5.98. The minimum atomic E-state index is -0.997. The molecule has 1 aromatic carbocycles. The molecule has 3 rings (SSSR count). The van der Waals surface area contributed by atoms with Crippen LogP contribution in [0.2, 0.25) is 0 Å². The van der Waals surface area contributed by atoms with Crippen LogP contribution in [0.5, 0.6) is 0 Å². The summed E-state index contributed by atoms with van der Waals surface area (Å²) in [5.74, 6) is 0.154. The van der Waals surface area contributed by atoms with Crippen LogP contribution in [-0.2, 0) is 0 Å². The normalized spacial score (nSPS) is 10.4. The van der Waals surface area contributed by atoms with Gasteiger partial charge in [-0.1, -0.05) is 24.3 Å². The highest BCUT2D eigenvalue weighted by Crippen LogP contribution is 2.20. The Morgan fingerprint density at radius 2 is 1.83 bits per heavy atom. The molecular weight excluding hydrogens is 292 g/mol. The molecule has 116 valence electrons. The molecule has 2 aromatic heterocycles. The van der Waals surface area contributed by atoms with Gasteiger partial charge in [0, 0.05) is 24.7 Å². The van der Waals surface area contributed by atoms with Crippen LogP contribution in [0.4, 0.5) is 11.6 Å². The Bertz CT molecular complexity index is 821. The summed E-state index contributed by atoms with van der Waals surface area (Å²) in [4.78, 5) is 20.0. The van der Waals surface area contributed by atoms with E-state index in [-0.39, 0.29) is 5.56 Å². The predicted octanol–water partition coefficient (Wildman–Crippen LogP) is 2.85. The molecule has 0 saturated carbocycles. The average Bonchev–Trinajstić information content (AvgIpc) is 2.59. The molecule has 3 N–H and O–H groups in total. The fourth-order valence-corrected chi connectivity index (χ4v) is 2.25. The van der Waals surface area contributed by atoms with Crippen molar-refractivity contribution in [2.45, 2.75) is 0 Å². The van der Waals surface area contributed by atoms with Crippen LogP contribution in [0.25, 0.3) is 10.9 Å². The molecule has 0 aliphatic heterocycles. The van der Waals surface area contributed by atoms with E-state index in [4.69, 9.17) is 0 Å². The zero-order chi connectivity index (χ0) is 16.1. The summed E-state index contributed by atoms with van der Waals surface area (Å²) >= 11 is 0. The summed E-state index contributed by atoms with van der Waals surface area (Å²) in [5.41, 5.74) is 0.930. The van der Waals surface area contributed by atoms with E-state index in [9.17, 15) is 9.90 Å². The van der Waals surface area contributed by atoms with Crippen molar-refractivity contribution < 1.29 is 9.90 Å². The lowest BCUT2D eigenvalue weighted by molar-refractivity contribution is 0.0698. The number of pyridine rings is 2. The predicted molar refractivity (Wildman–Crippen MR) is 89.9 cm³/mol. The first-order valence-electron chi connectivity index (χ1n) is 7.26. The molecule has 6 heteroatoms. The molecule has 6 nitrogen and oxygen atoms in total. The molecule has 0 saturated heterocycles. The van der Waals surface area contributed by atoms with Crippen molar-refractivity contribution in [1.82, 2.24) is 9.97 Å². The van der Waals surface area contributed by atoms with Crippen LogP contribution in [0.3, 0.4) is 0 Å². The van der Waals surface area contributed by atoms with Gasteiger partial charge in [-0.05, 0) is 24.3 Å². The Morgan fingerprint density at radius 3 is 2.61 bits per heavy atom. The third-order valence-corrected chi connectivity index (χ3v) is 3.34. The van der Waals surface area contributed by atoms with Crippen LogP contribution in [0.15, 0.2) is 54.7 Å². The van der Waals surface area contributed by atoms with Crippen molar-refractivity contribution in [3.05, 3.63) is 60.3 Å². The van der Waals surface area contributed by atoms with Crippen molar-refractivity contribution >= 4 is 28.5 Å². The van der Waals surface area contributed by atoms with Crippen molar-refractivity contribution in [2.24, 2.45) is 0 Å². The van der Waals surface area contributed by atoms with Crippen molar-refractivity contribution in [1.29, 1.82) is 0 Å². The summed E-state index contributed by atoms with van der Waals surface area (Å²) in [7, 11) is 0. The van der Waals surface area contributed by atoms with Gasteiger partial charge in [0.1, 0.15) is 17.2 Å². The monoisotopic (exact) mass is 308 g/mol. The number of fused-ring (bicyclic) bond motifs is 1. The SMILES string of the molecule is O=C(O)c1cc2ccccc2nc1NCCNc1ccccn1. The maximum absolute atomic E-state index is 11.4. The zero-order valence-corrected chi connectivity index (χ0v) is 12.4. The van der Waals surface area contributed by atoms with Gasteiger partial charge in [0.05, 0.1) is 5.52 Å². The minimum Gasteiger partial charge on any atom is -0.478 e. The number of aromatic nitrogens is 2. The van der Waals surface area contributed by atoms with Gasteiger partial charge in [-0.2, -0.15) is 0 Å². The van der Waals surface area contributed by atoms with Gasteiger partial charge in [0.25, 0.3) is 0 Å². The van der Waals surface area contributed by atoms with Gasteiger partial charge in [-0.15, -0.1) is 0 Å². The second-order valence-electron chi connectivity index (χ2n) is 4.95. The highest BCUT2D eigenvalue weighted by atomic mass is 16.4. The summed E-state index contributed by atoms with van der Waals surface area (Å²) in [6.45, 7) is 1.13. The smallest absolute Gasteiger partial charge is 0.339 e. The van der Waals surface area contributed by atoms with Gasteiger partial charge in [-0.3, -0.25) is 0 Å². The highest BCUT2D eigenvalue weighted by Gasteiger charge is 2.12. The number of carbonyl (C=O) groups is 1. The van der Waals surface area contributed by atoms with Crippen LogP contribution < -0.4 is 10.6 Å². The number of nitrogens with one attached hydrogen (secondary N) is 2. The number of carboxylic acids is 1. The van der Waals surface area contributed by atoms with E-state index in [2.05, 4.69) is 20.6 Å². The summed E-state index contributed by atoms with van der Waals surface area (Å²) in [6, 6.07) is 14.7. The first kappa shape index (κ1) is 14.8. The molecule has 0 bridgehead atoms. The van der Waals surface area contributed by atoms with E-state index in [1.54, 1.807) is 12.3 Å². The molecule has 0 amide bonds. The number of nitrogens with zero attached hydrogens (tertiary/aromatic N) is 2. The third-order valence-electron chi connectivity index (χ3n) is 3.34. The van der Waals surface area contributed by atoms with Gasteiger partial charge >= 0.3 is 5.97 Å². The Hall–Kier alpha value is -3.15. The molecule has 0 aliphatic rings. The molecular formula is C17H16N4O2. The van der Waals surface area contributed by atoms with E-state index in [1.165, 1.54) is 0 Å². The number of rotatable bonds is 6. The van der Waals surface area contributed by atoms with Gasteiger partial charge < -0.3 is 15.7 Å². The molecule has 0 radical (unpaired) electrons. The number of carboxylic acid groups (broad SMARTS) is 1. The van der Waals surface area contributed by atoms with E-state index < -0.39 is 5.97 Å². The lowest BCUT2D eigenvalue weighted by Crippen LogP contribution is -2.17. The van der Waals surface area contributed by atoms with Crippen LogP contribution in [0, 0.1) is 0 Å². The Morgan fingerprint density at radius 1 is 1.04 bits per heavy atom. The standard InChI is InChI=1S/C17H16N4O2/c22-17(23)13-11-12-5-1-2-6-14(12)21-16(13)20-10-9-19-15-7-3-4-8-18-15/h1-8,11H,9-10H2,(H,18,19)(H,20,21)(H,22,23). The van der Waals surface area contributed by atoms with Crippen LogP contribution >= 0.6 is 0 Å². The maximum Gasteiger partial charge on any atom is 0.339 e. The second kappa shape index (κ2) is 6.74. The first-order valence-corrected chi connectivity index (χ1v) is 7.26. The van der Waals surface area contributed by atoms with E-state index >= 15 is 0 Å². The molecule has 2 heterocycles. The Labute approximate surface area is 133 Å².